The standard InChI is InChI=1S/C24H42N2O3/c1-9-14-26(15-10-2)20-16-19(23(27)29-25)18(13-5)22(21(20)24(6,7)8)28-17(11-3)12-4/h9-10,17,20-22H,1-2,11-16,25H2,3-8H3/t20-,21+,22-/m0/s1. The highest BCUT2D eigenvalue weighted by molar-refractivity contribution is 5.89. The quantitative estimate of drug-likeness (QED) is 0.395. The van der Waals surface area contributed by atoms with E-state index in [4.69, 9.17) is 10.6 Å². The zero-order valence-corrected chi connectivity index (χ0v) is 19.4. The number of ether oxygens (including phenoxy) is 1. The second kappa shape index (κ2) is 11.7. The summed E-state index contributed by atoms with van der Waals surface area (Å²) in [4.78, 5) is 19.6. The van der Waals surface area contributed by atoms with Crippen molar-refractivity contribution in [2.45, 2.75) is 85.5 Å². The van der Waals surface area contributed by atoms with Crippen molar-refractivity contribution in [2.75, 3.05) is 13.1 Å². The molecule has 0 amide bonds. The van der Waals surface area contributed by atoms with Gasteiger partial charge in [0.15, 0.2) is 0 Å². The molecule has 0 fully saturated rings. The van der Waals surface area contributed by atoms with Crippen LogP contribution < -0.4 is 5.90 Å². The Morgan fingerprint density at radius 2 is 1.76 bits per heavy atom. The second-order valence-corrected chi connectivity index (χ2v) is 8.95. The van der Waals surface area contributed by atoms with Crippen molar-refractivity contribution in [3.8, 4) is 0 Å². The van der Waals surface area contributed by atoms with E-state index in [1.807, 2.05) is 12.2 Å². The summed E-state index contributed by atoms with van der Waals surface area (Å²) in [6.45, 7) is 22.4. The van der Waals surface area contributed by atoms with Crippen LogP contribution in [0.25, 0.3) is 0 Å². The number of nitrogens with two attached hydrogens (primary N) is 1. The summed E-state index contributed by atoms with van der Waals surface area (Å²) in [5.41, 5.74) is 1.66. The minimum Gasteiger partial charge on any atom is -0.370 e. The third-order valence-electron chi connectivity index (χ3n) is 6.07. The van der Waals surface area contributed by atoms with Crippen LogP contribution in [-0.2, 0) is 14.4 Å². The maximum absolute atomic E-state index is 12.6. The predicted octanol–water partition coefficient (Wildman–Crippen LogP) is 4.79. The lowest BCUT2D eigenvalue weighted by atomic mass is 9.65. The maximum Gasteiger partial charge on any atom is 0.352 e. The van der Waals surface area contributed by atoms with Crippen molar-refractivity contribution in [1.82, 2.24) is 4.90 Å². The van der Waals surface area contributed by atoms with Crippen molar-refractivity contribution in [3.05, 3.63) is 36.5 Å². The highest BCUT2D eigenvalue weighted by atomic mass is 16.7. The van der Waals surface area contributed by atoms with Crippen LogP contribution in [0.5, 0.6) is 0 Å². The van der Waals surface area contributed by atoms with Crippen molar-refractivity contribution in [3.63, 3.8) is 0 Å². The Balaban J connectivity index is 3.64. The first-order valence-electron chi connectivity index (χ1n) is 10.9. The molecular formula is C24H42N2O3. The molecule has 0 radical (unpaired) electrons. The number of hydrogen-bond acceptors (Lipinski definition) is 5. The molecule has 1 aliphatic rings. The van der Waals surface area contributed by atoms with Crippen LogP contribution in [-0.4, -0.2) is 42.2 Å². The molecule has 29 heavy (non-hydrogen) atoms. The zero-order chi connectivity index (χ0) is 22.2. The first kappa shape index (κ1) is 25.6. The highest BCUT2D eigenvalue weighted by Gasteiger charge is 2.48. The van der Waals surface area contributed by atoms with Gasteiger partial charge in [-0.1, -0.05) is 53.7 Å². The molecule has 0 aromatic carbocycles. The van der Waals surface area contributed by atoms with Gasteiger partial charge in [-0.05, 0) is 36.7 Å². The van der Waals surface area contributed by atoms with E-state index >= 15 is 0 Å². The van der Waals surface area contributed by atoms with Gasteiger partial charge in [-0.2, -0.15) is 5.90 Å². The number of hydrogen-bond donors (Lipinski definition) is 1. The molecule has 166 valence electrons. The Morgan fingerprint density at radius 1 is 1.21 bits per heavy atom. The fourth-order valence-corrected chi connectivity index (χ4v) is 4.68. The van der Waals surface area contributed by atoms with Gasteiger partial charge in [0.25, 0.3) is 0 Å². The van der Waals surface area contributed by atoms with E-state index in [-0.39, 0.29) is 29.6 Å². The molecule has 0 aromatic rings. The Morgan fingerprint density at radius 3 is 2.14 bits per heavy atom. The molecule has 0 unspecified atom stereocenters. The van der Waals surface area contributed by atoms with E-state index in [2.05, 4.69) is 64.4 Å². The molecular weight excluding hydrogens is 364 g/mol. The molecule has 0 aromatic heterocycles. The van der Waals surface area contributed by atoms with Gasteiger partial charge >= 0.3 is 5.97 Å². The van der Waals surface area contributed by atoms with E-state index in [9.17, 15) is 4.79 Å². The van der Waals surface area contributed by atoms with E-state index in [1.54, 1.807) is 0 Å². The molecule has 5 nitrogen and oxygen atoms in total. The van der Waals surface area contributed by atoms with Crippen LogP contribution in [0.3, 0.4) is 0 Å². The Bertz CT molecular complexity index is 577. The third-order valence-corrected chi connectivity index (χ3v) is 6.07. The van der Waals surface area contributed by atoms with Crippen LogP contribution in [0, 0.1) is 11.3 Å². The summed E-state index contributed by atoms with van der Waals surface area (Å²) in [5.74, 6) is 5.06. The first-order valence-corrected chi connectivity index (χ1v) is 10.9. The lowest BCUT2D eigenvalue weighted by molar-refractivity contribution is -0.141. The number of carbonyl (C=O) groups excluding carboxylic acids is 1. The van der Waals surface area contributed by atoms with E-state index in [0.29, 0.717) is 25.1 Å². The van der Waals surface area contributed by atoms with Gasteiger partial charge in [-0.15, -0.1) is 13.2 Å². The number of carbonyl (C=O) groups is 1. The molecule has 0 saturated carbocycles. The summed E-state index contributed by atoms with van der Waals surface area (Å²) in [6.07, 6.45) is 6.99. The highest BCUT2D eigenvalue weighted by Crippen LogP contribution is 2.46. The summed E-state index contributed by atoms with van der Waals surface area (Å²) in [7, 11) is 0. The molecule has 2 N–H and O–H groups in total. The van der Waals surface area contributed by atoms with Gasteiger partial charge in [-0.3, -0.25) is 4.90 Å². The van der Waals surface area contributed by atoms with Crippen molar-refractivity contribution >= 4 is 5.97 Å². The molecule has 0 spiro atoms. The monoisotopic (exact) mass is 406 g/mol. The summed E-state index contributed by atoms with van der Waals surface area (Å²) in [6, 6.07) is 0.0924. The molecule has 0 bridgehead atoms. The van der Waals surface area contributed by atoms with Crippen molar-refractivity contribution < 1.29 is 14.4 Å². The first-order chi connectivity index (χ1) is 13.7. The van der Waals surface area contributed by atoms with Crippen LogP contribution in [0.4, 0.5) is 0 Å². The minimum atomic E-state index is -0.450. The summed E-state index contributed by atoms with van der Waals surface area (Å²) in [5, 5.41) is 0. The van der Waals surface area contributed by atoms with Crippen LogP contribution in [0.15, 0.2) is 36.5 Å². The number of nitrogens with zero attached hydrogens (tertiary/aromatic N) is 1. The lowest BCUT2D eigenvalue weighted by Gasteiger charge is -2.50. The maximum atomic E-state index is 12.6. The van der Waals surface area contributed by atoms with Crippen LogP contribution in [0.1, 0.15) is 67.2 Å². The van der Waals surface area contributed by atoms with Gasteiger partial charge in [0.2, 0.25) is 0 Å². The SMILES string of the molecule is C=CCN(CC=C)[C@H]1CC(C(=O)ON)=C(CC)[C@H](OC(CC)CC)[C@@H]1C(C)(C)C. The molecule has 0 saturated heterocycles. The molecule has 3 atom stereocenters. The summed E-state index contributed by atoms with van der Waals surface area (Å²) < 4.78 is 6.71. The molecule has 1 aliphatic carbocycles. The van der Waals surface area contributed by atoms with Crippen molar-refractivity contribution in [2.24, 2.45) is 17.2 Å². The third kappa shape index (κ3) is 6.27. The largest absolute Gasteiger partial charge is 0.370 e. The van der Waals surface area contributed by atoms with Gasteiger partial charge in [-0.25, -0.2) is 4.79 Å². The minimum absolute atomic E-state index is 0.0273. The predicted molar refractivity (Wildman–Crippen MR) is 120 cm³/mol. The summed E-state index contributed by atoms with van der Waals surface area (Å²) >= 11 is 0. The van der Waals surface area contributed by atoms with Gasteiger partial charge in [0, 0.05) is 30.6 Å². The van der Waals surface area contributed by atoms with Crippen molar-refractivity contribution in [1.29, 1.82) is 0 Å². The van der Waals surface area contributed by atoms with E-state index in [1.165, 1.54) is 0 Å². The zero-order valence-electron chi connectivity index (χ0n) is 19.4. The molecule has 1 rings (SSSR count). The fraction of sp³-hybridized carbons (Fsp3) is 0.708. The molecule has 0 heterocycles. The van der Waals surface area contributed by atoms with Gasteiger partial charge in [0.05, 0.1) is 12.2 Å². The van der Waals surface area contributed by atoms with Gasteiger partial charge < -0.3 is 9.57 Å². The van der Waals surface area contributed by atoms with Crippen LogP contribution >= 0.6 is 0 Å². The second-order valence-electron chi connectivity index (χ2n) is 8.95. The normalized spacial score (nSPS) is 22.9. The van der Waals surface area contributed by atoms with E-state index < -0.39 is 5.97 Å². The average molecular weight is 407 g/mol. The average Bonchev–Trinajstić information content (AvgIpc) is 2.69. The Hall–Kier alpha value is -1.43. The smallest absolute Gasteiger partial charge is 0.352 e. The Kier molecular flexibility index (Phi) is 10.3. The topological polar surface area (TPSA) is 64.8 Å². The van der Waals surface area contributed by atoms with Gasteiger partial charge in [0.1, 0.15) is 0 Å². The van der Waals surface area contributed by atoms with E-state index in [0.717, 1.165) is 24.8 Å². The number of rotatable bonds is 11. The fourth-order valence-electron chi connectivity index (χ4n) is 4.68. The Labute approximate surface area is 178 Å². The molecule has 0 aliphatic heterocycles. The molecule has 5 heteroatoms. The lowest BCUT2D eigenvalue weighted by Crippen LogP contribution is -2.55. The van der Waals surface area contributed by atoms with Crippen LogP contribution in [0.2, 0.25) is 0 Å².